The highest BCUT2D eigenvalue weighted by molar-refractivity contribution is 4.94. The molecule has 1 aliphatic heterocycles. The molecule has 2 fully saturated rings. The molecule has 0 spiro atoms. The Labute approximate surface area is 93.8 Å². The van der Waals surface area contributed by atoms with Gasteiger partial charge in [0.1, 0.15) is 0 Å². The largest absolute Gasteiger partial charge is 0.376 e. The van der Waals surface area contributed by atoms with Crippen LogP contribution < -0.4 is 5.32 Å². The first-order valence-electron chi connectivity index (χ1n) is 6.60. The van der Waals surface area contributed by atoms with Gasteiger partial charge in [-0.2, -0.15) is 0 Å². The zero-order valence-electron chi connectivity index (χ0n) is 10.3. The monoisotopic (exact) mass is 211 g/mol. The van der Waals surface area contributed by atoms with Crippen molar-refractivity contribution in [3.05, 3.63) is 0 Å². The summed E-state index contributed by atoms with van der Waals surface area (Å²) in [5.74, 6) is 1.64. The second-order valence-corrected chi connectivity index (χ2v) is 5.41. The Kier molecular flexibility index (Phi) is 3.68. The van der Waals surface area contributed by atoms with Gasteiger partial charge in [0, 0.05) is 18.7 Å². The third kappa shape index (κ3) is 2.73. The van der Waals surface area contributed by atoms with Gasteiger partial charge in [-0.05, 0) is 38.0 Å². The van der Waals surface area contributed by atoms with Crippen LogP contribution in [-0.2, 0) is 4.74 Å². The van der Waals surface area contributed by atoms with Gasteiger partial charge in [-0.3, -0.25) is 0 Å². The lowest BCUT2D eigenvalue weighted by atomic mass is 9.98. The fraction of sp³-hybridized carbons (Fsp3) is 1.00. The molecule has 1 aliphatic carbocycles. The molecule has 1 N–H and O–H groups in total. The van der Waals surface area contributed by atoms with Gasteiger partial charge in [0.2, 0.25) is 0 Å². The second-order valence-electron chi connectivity index (χ2n) is 5.41. The van der Waals surface area contributed by atoms with E-state index in [2.05, 4.69) is 26.1 Å². The molecule has 2 rings (SSSR count). The fourth-order valence-corrected chi connectivity index (χ4v) is 2.53. The molecule has 2 nitrogen and oxygen atoms in total. The second kappa shape index (κ2) is 4.84. The maximum atomic E-state index is 5.84. The molecule has 4 atom stereocenters. The number of ether oxygens (including phenoxy) is 1. The third-order valence-corrected chi connectivity index (χ3v) is 4.20. The van der Waals surface area contributed by atoms with Crippen LogP contribution in [0.1, 0.15) is 46.5 Å². The van der Waals surface area contributed by atoms with Crippen LogP contribution in [0.15, 0.2) is 0 Å². The van der Waals surface area contributed by atoms with E-state index in [1.54, 1.807) is 0 Å². The lowest BCUT2D eigenvalue weighted by Gasteiger charge is -2.27. The van der Waals surface area contributed by atoms with Gasteiger partial charge in [0.05, 0.1) is 6.10 Å². The normalized spacial score (nSPS) is 35.4. The smallest absolute Gasteiger partial charge is 0.0757 e. The molecule has 0 amide bonds. The summed E-state index contributed by atoms with van der Waals surface area (Å²) < 4.78 is 5.84. The lowest BCUT2D eigenvalue weighted by Crippen LogP contribution is -2.45. The van der Waals surface area contributed by atoms with Crippen molar-refractivity contribution >= 4 is 0 Å². The molecule has 4 unspecified atom stereocenters. The summed E-state index contributed by atoms with van der Waals surface area (Å²) in [6, 6.07) is 1.25. The molecule has 15 heavy (non-hydrogen) atoms. The van der Waals surface area contributed by atoms with Gasteiger partial charge < -0.3 is 10.1 Å². The number of hydrogen-bond donors (Lipinski definition) is 1. The molecule has 88 valence electrons. The highest BCUT2D eigenvalue weighted by Gasteiger charge is 2.40. The Morgan fingerprint density at radius 2 is 2.00 bits per heavy atom. The van der Waals surface area contributed by atoms with E-state index in [1.165, 1.54) is 25.7 Å². The van der Waals surface area contributed by atoms with E-state index >= 15 is 0 Å². The van der Waals surface area contributed by atoms with Crippen molar-refractivity contribution in [2.24, 2.45) is 11.8 Å². The summed E-state index contributed by atoms with van der Waals surface area (Å²) in [6.07, 6.45) is 5.77. The molecule has 1 saturated heterocycles. The van der Waals surface area contributed by atoms with Crippen molar-refractivity contribution in [3.63, 3.8) is 0 Å². The lowest BCUT2D eigenvalue weighted by molar-refractivity contribution is 0.0777. The first-order chi connectivity index (χ1) is 7.22. The summed E-state index contributed by atoms with van der Waals surface area (Å²) in [7, 11) is 0. The van der Waals surface area contributed by atoms with E-state index in [1.807, 2.05) is 0 Å². The number of hydrogen-bond acceptors (Lipinski definition) is 2. The van der Waals surface area contributed by atoms with Gasteiger partial charge in [0.25, 0.3) is 0 Å². The SMILES string of the molecule is CCC(C)C(C)NC1CCOC1C1CC1. The first-order valence-corrected chi connectivity index (χ1v) is 6.60. The Bertz CT molecular complexity index is 203. The summed E-state index contributed by atoms with van der Waals surface area (Å²) in [5.41, 5.74) is 0. The van der Waals surface area contributed by atoms with Crippen LogP contribution in [0.2, 0.25) is 0 Å². The Morgan fingerprint density at radius 3 is 2.60 bits per heavy atom. The summed E-state index contributed by atoms with van der Waals surface area (Å²) in [5, 5.41) is 3.78. The predicted molar refractivity (Wildman–Crippen MR) is 62.9 cm³/mol. The minimum atomic E-state index is 0.525. The molecule has 2 heteroatoms. The molecule has 0 aromatic rings. The Morgan fingerprint density at radius 1 is 1.27 bits per heavy atom. The average Bonchev–Trinajstić information content (AvgIpc) is 2.99. The molecule has 0 radical (unpaired) electrons. The minimum Gasteiger partial charge on any atom is -0.376 e. The molecular formula is C13H25NO. The summed E-state index contributed by atoms with van der Waals surface area (Å²) in [4.78, 5) is 0. The highest BCUT2D eigenvalue weighted by atomic mass is 16.5. The van der Waals surface area contributed by atoms with E-state index < -0.39 is 0 Å². The Hall–Kier alpha value is -0.0800. The quantitative estimate of drug-likeness (QED) is 0.754. The van der Waals surface area contributed by atoms with Crippen molar-refractivity contribution < 1.29 is 4.74 Å². The average molecular weight is 211 g/mol. The molecular weight excluding hydrogens is 186 g/mol. The van der Waals surface area contributed by atoms with Gasteiger partial charge >= 0.3 is 0 Å². The number of rotatable bonds is 5. The minimum absolute atomic E-state index is 0.525. The van der Waals surface area contributed by atoms with Crippen molar-refractivity contribution in [1.29, 1.82) is 0 Å². The standard InChI is InChI=1S/C13H25NO/c1-4-9(2)10(3)14-12-7-8-15-13(12)11-5-6-11/h9-14H,4-8H2,1-3H3. The van der Waals surface area contributed by atoms with Gasteiger partial charge in [0.15, 0.2) is 0 Å². The summed E-state index contributed by atoms with van der Waals surface area (Å²) >= 11 is 0. The van der Waals surface area contributed by atoms with E-state index in [-0.39, 0.29) is 0 Å². The van der Waals surface area contributed by atoms with Crippen LogP contribution in [0.3, 0.4) is 0 Å². The van der Waals surface area contributed by atoms with Crippen LogP contribution in [0.4, 0.5) is 0 Å². The maximum absolute atomic E-state index is 5.84. The van der Waals surface area contributed by atoms with Crippen molar-refractivity contribution in [2.75, 3.05) is 6.61 Å². The number of nitrogens with one attached hydrogen (secondary N) is 1. The maximum Gasteiger partial charge on any atom is 0.0757 e. The van der Waals surface area contributed by atoms with E-state index in [0.717, 1.165) is 18.4 Å². The van der Waals surface area contributed by atoms with Crippen LogP contribution in [0, 0.1) is 11.8 Å². The predicted octanol–water partition coefficient (Wildman–Crippen LogP) is 2.58. The van der Waals surface area contributed by atoms with Crippen molar-refractivity contribution in [3.8, 4) is 0 Å². The molecule has 2 aliphatic rings. The zero-order valence-corrected chi connectivity index (χ0v) is 10.3. The van der Waals surface area contributed by atoms with Crippen molar-refractivity contribution in [2.45, 2.75) is 64.6 Å². The van der Waals surface area contributed by atoms with E-state index in [0.29, 0.717) is 18.2 Å². The third-order valence-electron chi connectivity index (χ3n) is 4.20. The molecule has 1 saturated carbocycles. The van der Waals surface area contributed by atoms with Crippen LogP contribution in [-0.4, -0.2) is 24.8 Å². The Balaban J connectivity index is 1.81. The molecule has 0 bridgehead atoms. The fourth-order valence-electron chi connectivity index (χ4n) is 2.53. The first kappa shape index (κ1) is 11.4. The van der Waals surface area contributed by atoms with E-state index in [9.17, 15) is 0 Å². The zero-order chi connectivity index (χ0) is 10.8. The van der Waals surface area contributed by atoms with Gasteiger partial charge in [-0.25, -0.2) is 0 Å². The molecule has 1 heterocycles. The highest BCUT2D eigenvalue weighted by Crippen LogP contribution is 2.39. The summed E-state index contributed by atoms with van der Waals surface area (Å²) in [6.45, 7) is 7.88. The van der Waals surface area contributed by atoms with Gasteiger partial charge in [-0.15, -0.1) is 0 Å². The van der Waals surface area contributed by atoms with Crippen LogP contribution in [0.25, 0.3) is 0 Å². The molecule has 0 aromatic heterocycles. The van der Waals surface area contributed by atoms with Crippen molar-refractivity contribution in [1.82, 2.24) is 5.32 Å². The van der Waals surface area contributed by atoms with E-state index in [4.69, 9.17) is 4.74 Å². The topological polar surface area (TPSA) is 21.3 Å². The van der Waals surface area contributed by atoms with Gasteiger partial charge in [-0.1, -0.05) is 20.3 Å². The van der Waals surface area contributed by atoms with Crippen LogP contribution >= 0.6 is 0 Å². The van der Waals surface area contributed by atoms with Crippen LogP contribution in [0.5, 0.6) is 0 Å². The molecule has 0 aromatic carbocycles.